The molecule has 1 aromatic carbocycles. The maximum Gasteiger partial charge on any atom is 0.292 e. The van der Waals surface area contributed by atoms with Gasteiger partial charge in [-0.15, -0.1) is 12.4 Å². The Kier molecular flexibility index (Phi) is 5.80. The maximum atomic E-state index is 12.7. The van der Waals surface area contributed by atoms with Crippen LogP contribution in [-0.4, -0.2) is 34.6 Å². The number of rotatable bonds is 3. The number of likely N-dealkylation sites (tertiary alicyclic amines) is 1. The quantitative estimate of drug-likeness (QED) is 0.935. The Bertz CT molecular complexity index is 642. The predicted molar refractivity (Wildman–Crippen MR) is 91.5 cm³/mol. The van der Waals surface area contributed by atoms with Crippen molar-refractivity contribution in [2.24, 2.45) is 5.73 Å². The summed E-state index contributed by atoms with van der Waals surface area (Å²) in [5.74, 6) is 0.170. The molecule has 124 valence electrons. The fraction of sp³-hybridized carbons (Fsp3) is 0.412. The maximum absolute atomic E-state index is 12.7. The van der Waals surface area contributed by atoms with E-state index in [1.54, 1.807) is 6.07 Å². The zero-order chi connectivity index (χ0) is 15.5. The molecule has 3 rings (SSSR count). The van der Waals surface area contributed by atoms with Gasteiger partial charge in [0.05, 0.1) is 0 Å². The van der Waals surface area contributed by atoms with E-state index in [1.807, 2.05) is 42.2 Å². The van der Waals surface area contributed by atoms with Crippen LogP contribution >= 0.6 is 12.4 Å². The Morgan fingerprint density at radius 3 is 2.78 bits per heavy atom. The monoisotopic (exact) mass is 335 g/mol. The van der Waals surface area contributed by atoms with Crippen molar-refractivity contribution < 1.29 is 9.32 Å². The zero-order valence-electron chi connectivity index (χ0n) is 13.1. The lowest BCUT2D eigenvalue weighted by molar-refractivity contribution is 0.0542. The Hall–Kier alpha value is -1.85. The van der Waals surface area contributed by atoms with Gasteiger partial charge in [0.15, 0.2) is 0 Å². The van der Waals surface area contributed by atoms with Crippen molar-refractivity contribution in [3.05, 3.63) is 42.2 Å². The molecular weight excluding hydrogens is 314 g/mol. The van der Waals surface area contributed by atoms with Crippen LogP contribution in [0.5, 0.6) is 0 Å². The van der Waals surface area contributed by atoms with Crippen LogP contribution in [0.2, 0.25) is 0 Å². The summed E-state index contributed by atoms with van der Waals surface area (Å²) in [5.41, 5.74) is 7.65. The summed E-state index contributed by atoms with van der Waals surface area (Å²) in [5, 5.41) is 4.02. The van der Waals surface area contributed by atoms with E-state index in [0.717, 1.165) is 31.4 Å². The van der Waals surface area contributed by atoms with Crippen molar-refractivity contribution >= 4 is 18.3 Å². The normalized spacial score (nSPS) is 19.0. The van der Waals surface area contributed by atoms with Gasteiger partial charge in [0, 0.05) is 30.3 Å². The average Bonchev–Trinajstić information content (AvgIpc) is 3.05. The highest BCUT2D eigenvalue weighted by molar-refractivity contribution is 5.92. The van der Waals surface area contributed by atoms with Crippen LogP contribution in [-0.2, 0) is 0 Å². The molecule has 2 unspecified atom stereocenters. The molecule has 1 amide bonds. The molecule has 0 aliphatic carbocycles. The van der Waals surface area contributed by atoms with Gasteiger partial charge in [0.2, 0.25) is 5.76 Å². The first-order valence-electron chi connectivity index (χ1n) is 7.75. The largest absolute Gasteiger partial charge is 0.350 e. The average molecular weight is 336 g/mol. The molecular formula is C17H22ClN3O2. The minimum Gasteiger partial charge on any atom is -0.350 e. The highest BCUT2D eigenvalue weighted by atomic mass is 35.5. The number of hydrogen-bond donors (Lipinski definition) is 1. The highest BCUT2D eigenvalue weighted by Crippen LogP contribution is 2.24. The molecule has 2 aromatic rings. The highest BCUT2D eigenvalue weighted by Gasteiger charge is 2.31. The van der Waals surface area contributed by atoms with Gasteiger partial charge in [0.25, 0.3) is 5.91 Å². The van der Waals surface area contributed by atoms with Crippen LogP contribution in [0.1, 0.15) is 36.7 Å². The Balaban J connectivity index is 0.00000192. The van der Waals surface area contributed by atoms with E-state index >= 15 is 0 Å². The summed E-state index contributed by atoms with van der Waals surface area (Å²) in [6.45, 7) is 2.68. The van der Waals surface area contributed by atoms with Gasteiger partial charge in [0.1, 0.15) is 5.69 Å². The molecule has 2 heterocycles. The van der Waals surface area contributed by atoms with E-state index in [4.69, 9.17) is 10.3 Å². The summed E-state index contributed by atoms with van der Waals surface area (Å²) in [6.07, 6.45) is 3.07. The minimum absolute atomic E-state index is 0. The second-order valence-electron chi connectivity index (χ2n) is 5.86. The van der Waals surface area contributed by atoms with Gasteiger partial charge in [-0.2, -0.15) is 0 Å². The Morgan fingerprint density at radius 2 is 2.09 bits per heavy atom. The van der Waals surface area contributed by atoms with Gasteiger partial charge in [-0.25, -0.2) is 0 Å². The van der Waals surface area contributed by atoms with Crippen molar-refractivity contribution in [1.82, 2.24) is 10.1 Å². The third kappa shape index (κ3) is 3.74. The zero-order valence-corrected chi connectivity index (χ0v) is 14.0. The van der Waals surface area contributed by atoms with Crippen LogP contribution in [0.25, 0.3) is 11.3 Å². The lowest BCUT2D eigenvalue weighted by Crippen LogP contribution is -2.51. The SMILES string of the molecule is CC(N)C1CCCCN1C(=O)c1cc(-c2ccccc2)no1.Cl. The fourth-order valence-corrected chi connectivity index (χ4v) is 3.02. The van der Waals surface area contributed by atoms with Crippen LogP contribution in [0.3, 0.4) is 0 Å². The van der Waals surface area contributed by atoms with Crippen LogP contribution in [0, 0.1) is 0 Å². The Labute approximate surface area is 142 Å². The second-order valence-corrected chi connectivity index (χ2v) is 5.86. The predicted octanol–water partition coefficient (Wildman–Crippen LogP) is 3.11. The first-order valence-corrected chi connectivity index (χ1v) is 7.75. The van der Waals surface area contributed by atoms with E-state index in [1.165, 1.54) is 0 Å². The number of halogens is 1. The number of nitrogens with zero attached hydrogens (tertiary/aromatic N) is 2. The molecule has 0 spiro atoms. The van der Waals surface area contributed by atoms with Crippen LogP contribution in [0.4, 0.5) is 0 Å². The molecule has 2 N–H and O–H groups in total. The van der Waals surface area contributed by atoms with Crippen molar-refractivity contribution in [3.8, 4) is 11.3 Å². The molecule has 1 fully saturated rings. The van der Waals surface area contributed by atoms with E-state index in [0.29, 0.717) is 5.69 Å². The van der Waals surface area contributed by atoms with Gasteiger partial charge in [-0.3, -0.25) is 4.79 Å². The van der Waals surface area contributed by atoms with Gasteiger partial charge in [-0.05, 0) is 26.2 Å². The second kappa shape index (κ2) is 7.62. The van der Waals surface area contributed by atoms with E-state index in [-0.39, 0.29) is 36.2 Å². The van der Waals surface area contributed by atoms with E-state index in [9.17, 15) is 4.79 Å². The lowest BCUT2D eigenvalue weighted by atomic mass is 9.96. The molecule has 0 radical (unpaired) electrons. The first-order chi connectivity index (χ1) is 10.7. The molecule has 0 bridgehead atoms. The molecule has 1 aromatic heterocycles. The number of carbonyl (C=O) groups is 1. The summed E-state index contributed by atoms with van der Waals surface area (Å²) >= 11 is 0. The number of aromatic nitrogens is 1. The molecule has 1 aliphatic heterocycles. The number of piperidine rings is 1. The third-order valence-corrected chi connectivity index (χ3v) is 4.21. The van der Waals surface area contributed by atoms with E-state index < -0.39 is 0 Å². The molecule has 23 heavy (non-hydrogen) atoms. The summed E-state index contributed by atoms with van der Waals surface area (Å²) in [4.78, 5) is 14.5. The molecule has 6 heteroatoms. The topological polar surface area (TPSA) is 72.4 Å². The smallest absolute Gasteiger partial charge is 0.292 e. The number of carbonyl (C=O) groups excluding carboxylic acids is 1. The number of hydrogen-bond acceptors (Lipinski definition) is 4. The lowest BCUT2D eigenvalue weighted by Gasteiger charge is -2.37. The first kappa shape index (κ1) is 17.5. The van der Waals surface area contributed by atoms with Gasteiger partial charge >= 0.3 is 0 Å². The number of nitrogens with two attached hydrogens (primary N) is 1. The van der Waals surface area contributed by atoms with Crippen molar-refractivity contribution in [2.75, 3.05) is 6.54 Å². The van der Waals surface area contributed by atoms with Gasteiger partial charge < -0.3 is 15.2 Å². The van der Waals surface area contributed by atoms with Crippen molar-refractivity contribution in [3.63, 3.8) is 0 Å². The van der Waals surface area contributed by atoms with Crippen molar-refractivity contribution in [1.29, 1.82) is 0 Å². The molecule has 5 nitrogen and oxygen atoms in total. The molecule has 2 atom stereocenters. The summed E-state index contributed by atoms with van der Waals surface area (Å²) < 4.78 is 5.28. The summed E-state index contributed by atoms with van der Waals surface area (Å²) in [7, 11) is 0. The number of amides is 1. The molecule has 1 saturated heterocycles. The molecule has 0 saturated carbocycles. The fourth-order valence-electron chi connectivity index (χ4n) is 3.02. The van der Waals surface area contributed by atoms with Crippen molar-refractivity contribution in [2.45, 2.75) is 38.3 Å². The standard InChI is InChI=1S/C17H21N3O2.ClH/c1-12(18)15-9-5-6-10-20(15)17(21)16-11-14(19-22-16)13-7-3-2-4-8-13;/h2-4,7-8,11-12,15H,5-6,9-10,18H2,1H3;1H. The molecule has 1 aliphatic rings. The van der Waals surface area contributed by atoms with Crippen LogP contribution < -0.4 is 5.73 Å². The van der Waals surface area contributed by atoms with Crippen LogP contribution in [0.15, 0.2) is 40.9 Å². The van der Waals surface area contributed by atoms with E-state index in [2.05, 4.69) is 5.16 Å². The van der Waals surface area contributed by atoms with Gasteiger partial charge in [-0.1, -0.05) is 35.5 Å². The number of benzene rings is 1. The summed E-state index contributed by atoms with van der Waals surface area (Å²) in [6, 6.07) is 11.4. The minimum atomic E-state index is -0.114. The Morgan fingerprint density at radius 1 is 1.35 bits per heavy atom. The third-order valence-electron chi connectivity index (χ3n) is 4.21.